The van der Waals surface area contributed by atoms with E-state index in [4.69, 9.17) is 0 Å². The summed E-state index contributed by atoms with van der Waals surface area (Å²) >= 11 is 0. The van der Waals surface area contributed by atoms with Gasteiger partial charge in [-0.05, 0) is 43.3 Å². The highest BCUT2D eigenvalue weighted by atomic mass is 32.2. The summed E-state index contributed by atoms with van der Waals surface area (Å²) in [6, 6.07) is 8.74. The molecule has 0 atom stereocenters. The van der Waals surface area contributed by atoms with Crippen molar-refractivity contribution in [3.05, 3.63) is 69.5 Å². The van der Waals surface area contributed by atoms with E-state index in [0.717, 1.165) is 12.1 Å². The number of sulfonamides is 1. The molecule has 0 unspecified atom stereocenters. The normalized spacial score (nSPS) is 15.4. The molecule has 2 aromatic carbocycles. The largest absolute Gasteiger partial charge is 0.336 e. The molecule has 148 valence electrons. The molecule has 2 aromatic rings. The number of hydrogen-bond donors (Lipinski definition) is 0. The Kier molecular flexibility index (Phi) is 5.43. The average molecular weight is 407 g/mol. The summed E-state index contributed by atoms with van der Waals surface area (Å²) in [7, 11) is -3.76. The number of nitro benzene ring substituents is 1. The Balaban J connectivity index is 1.69. The third-order valence-electron chi connectivity index (χ3n) is 4.62. The van der Waals surface area contributed by atoms with Crippen molar-refractivity contribution in [2.45, 2.75) is 11.8 Å². The van der Waals surface area contributed by atoms with Gasteiger partial charge in [-0.15, -0.1) is 0 Å². The first kappa shape index (κ1) is 19.9. The van der Waals surface area contributed by atoms with E-state index in [9.17, 15) is 27.7 Å². The van der Waals surface area contributed by atoms with Crippen LogP contribution < -0.4 is 0 Å². The maximum absolute atomic E-state index is 13.0. The molecular weight excluding hydrogens is 389 g/mol. The predicted molar refractivity (Wildman–Crippen MR) is 98.9 cm³/mol. The summed E-state index contributed by atoms with van der Waals surface area (Å²) in [6.07, 6.45) is 0. The van der Waals surface area contributed by atoms with Crippen molar-refractivity contribution >= 4 is 21.6 Å². The van der Waals surface area contributed by atoms with Crippen LogP contribution >= 0.6 is 0 Å². The number of rotatable bonds is 4. The Hall–Kier alpha value is -2.85. The van der Waals surface area contributed by atoms with Crippen molar-refractivity contribution in [3.8, 4) is 0 Å². The minimum Gasteiger partial charge on any atom is -0.336 e. The molecule has 0 N–H and O–H groups in total. The molecule has 0 aromatic heterocycles. The highest BCUT2D eigenvalue weighted by molar-refractivity contribution is 7.89. The van der Waals surface area contributed by atoms with Gasteiger partial charge in [0, 0.05) is 43.4 Å². The van der Waals surface area contributed by atoms with Gasteiger partial charge in [-0.3, -0.25) is 14.9 Å². The molecule has 1 aliphatic heterocycles. The van der Waals surface area contributed by atoms with Crippen LogP contribution in [0, 0.1) is 22.9 Å². The molecule has 10 heteroatoms. The molecule has 1 saturated heterocycles. The summed E-state index contributed by atoms with van der Waals surface area (Å²) in [5.41, 5.74) is 0.637. The third kappa shape index (κ3) is 3.87. The number of benzene rings is 2. The number of halogens is 1. The van der Waals surface area contributed by atoms with Gasteiger partial charge in [-0.2, -0.15) is 4.31 Å². The van der Waals surface area contributed by atoms with E-state index < -0.39 is 20.8 Å². The second-order valence-electron chi connectivity index (χ2n) is 6.41. The molecule has 28 heavy (non-hydrogen) atoms. The van der Waals surface area contributed by atoms with Crippen LogP contribution in [0.4, 0.5) is 10.1 Å². The second-order valence-corrected chi connectivity index (χ2v) is 8.35. The Labute approximate surface area is 161 Å². The van der Waals surface area contributed by atoms with E-state index in [0.29, 0.717) is 11.1 Å². The molecule has 0 radical (unpaired) electrons. The number of amides is 1. The minimum absolute atomic E-state index is 0.000305. The van der Waals surface area contributed by atoms with Crippen LogP contribution in [0.3, 0.4) is 0 Å². The Morgan fingerprint density at radius 2 is 1.68 bits per heavy atom. The lowest BCUT2D eigenvalue weighted by Crippen LogP contribution is -2.50. The first-order valence-corrected chi connectivity index (χ1v) is 9.94. The van der Waals surface area contributed by atoms with Crippen LogP contribution in [0.2, 0.25) is 0 Å². The zero-order valence-electron chi connectivity index (χ0n) is 15.0. The molecule has 1 aliphatic rings. The fourth-order valence-corrected chi connectivity index (χ4v) is 4.49. The molecule has 8 nitrogen and oxygen atoms in total. The summed E-state index contributed by atoms with van der Waals surface area (Å²) in [4.78, 5) is 24.5. The van der Waals surface area contributed by atoms with Crippen molar-refractivity contribution in [1.82, 2.24) is 9.21 Å². The molecule has 1 amide bonds. The Bertz CT molecular complexity index is 1020. The molecule has 0 bridgehead atoms. The lowest BCUT2D eigenvalue weighted by Gasteiger charge is -2.34. The van der Waals surface area contributed by atoms with E-state index in [2.05, 4.69) is 0 Å². The quantitative estimate of drug-likeness (QED) is 0.571. The monoisotopic (exact) mass is 407 g/mol. The molecule has 0 spiro atoms. The van der Waals surface area contributed by atoms with E-state index >= 15 is 0 Å². The van der Waals surface area contributed by atoms with Crippen LogP contribution in [-0.4, -0.2) is 54.6 Å². The smallest absolute Gasteiger partial charge is 0.272 e. The van der Waals surface area contributed by atoms with E-state index in [1.807, 2.05) is 0 Å². The Morgan fingerprint density at radius 1 is 1.07 bits per heavy atom. The summed E-state index contributed by atoms with van der Waals surface area (Å²) in [6.45, 7) is 2.15. The predicted octanol–water partition coefficient (Wildman–Crippen LogP) is 2.19. The minimum atomic E-state index is -3.76. The van der Waals surface area contributed by atoms with Gasteiger partial charge in [0.1, 0.15) is 5.82 Å². The van der Waals surface area contributed by atoms with Gasteiger partial charge in [0.15, 0.2) is 0 Å². The molecule has 1 fully saturated rings. The summed E-state index contributed by atoms with van der Waals surface area (Å²) in [5, 5.41) is 10.9. The standard InChI is InChI=1S/C18H18FN3O5S/c1-13-12-14(2-7-17(13)22(24)25)18(23)20-8-10-21(11-9-20)28(26,27)16-5-3-15(19)4-6-16/h2-7,12H,8-11H2,1H3. The maximum atomic E-state index is 13.0. The van der Waals surface area contributed by atoms with Crippen molar-refractivity contribution in [1.29, 1.82) is 0 Å². The van der Waals surface area contributed by atoms with Gasteiger partial charge in [0.2, 0.25) is 10.0 Å². The lowest BCUT2D eigenvalue weighted by molar-refractivity contribution is -0.385. The number of nitrogens with zero attached hydrogens (tertiary/aromatic N) is 3. The highest BCUT2D eigenvalue weighted by Gasteiger charge is 2.30. The van der Waals surface area contributed by atoms with Crippen LogP contribution in [0.1, 0.15) is 15.9 Å². The van der Waals surface area contributed by atoms with Crippen LogP contribution in [0.5, 0.6) is 0 Å². The third-order valence-corrected chi connectivity index (χ3v) is 6.53. The zero-order valence-corrected chi connectivity index (χ0v) is 15.9. The topological polar surface area (TPSA) is 101 Å². The first-order valence-electron chi connectivity index (χ1n) is 8.50. The van der Waals surface area contributed by atoms with Gasteiger partial charge in [0.25, 0.3) is 11.6 Å². The van der Waals surface area contributed by atoms with E-state index in [-0.39, 0.29) is 42.7 Å². The van der Waals surface area contributed by atoms with Crippen molar-refractivity contribution in [3.63, 3.8) is 0 Å². The van der Waals surface area contributed by atoms with Crippen LogP contribution in [0.25, 0.3) is 0 Å². The summed E-state index contributed by atoms with van der Waals surface area (Å²) in [5.74, 6) is -0.829. The van der Waals surface area contributed by atoms with Crippen molar-refractivity contribution in [2.24, 2.45) is 0 Å². The lowest BCUT2D eigenvalue weighted by atomic mass is 10.1. The fraction of sp³-hybridized carbons (Fsp3) is 0.278. The van der Waals surface area contributed by atoms with Crippen molar-refractivity contribution < 1.29 is 22.5 Å². The molecular formula is C18H18FN3O5S. The van der Waals surface area contributed by atoms with Gasteiger partial charge < -0.3 is 4.90 Å². The van der Waals surface area contributed by atoms with Crippen LogP contribution in [-0.2, 0) is 10.0 Å². The van der Waals surface area contributed by atoms with Crippen molar-refractivity contribution in [2.75, 3.05) is 26.2 Å². The van der Waals surface area contributed by atoms with Gasteiger partial charge >= 0.3 is 0 Å². The maximum Gasteiger partial charge on any atom is 0.272 e. The number of aryl methyl sites for hydroxylation is 1. The highest BCUT2D eigenvalue weighted by Crippen LogP contribution is 2.22. The number of nitro groups is 1. The number of carbonyl (C=O) groups excluding carboxylic acids is 1. The SMILES string of the molecule is Cc1cc(C(=O)N2CCN(S(=O)(=O)c3ccc(F)cc3)CC2)ccc1[N+](=O)[O-]. The second kappa shape index (κ2) is 7.64. The van der Waals surface area contributed by atoms with Gasteiger partial charge in [-0.25, -0.2) is 12.8 Å². The van der Waals surface area contributed by atoms with E-state index in [1.165, 1.54) is 39.5 Å². The van der Waals surface area contributed by atoms with Gasteiger partial charge in [-0.1, -0.05) is 0 Å². The molecule has 3 rings (SSSR count). The zero-order chi connectivity index (χ0) is 20.5. The van der Waals surface area contributed by atoms with E-state index in [1.54, 1.807) is 6.92 Å². The molecule has 0 saturated carbocycles. The molecule has 0 aliphatic carbocycles. The fourth-order valence-electron chi connectivity index (χ4n) is 3.06. The average Bonchev–Trinajstić information content (AvgIpc) is 2.67. The molecule has 1 heterocycles. The number of hydrogen-bond acceptors (Lipinski definition) is 5. The first-order chi connectivity index (χ1) is 13.2. The number of piperazine rings is 1. The van der Waals surface area contributed by atoms with Crippen LogP contribution in [0.15, 0.2) is 47.4 Å². The number of carbonyl (C=O) groups is 1. The Morgan fingerprint density at radius 3 is 2.21 bits per heavy atom. The summed E-state index contributed by atoms with van der Waals surface area (Å²) < 4.78 is 39.5. The van der Waals surface area contributed by atoms with Gasteiger partial charge in [0.05, 0.1) is 9.82 Å².